The van der Waals surface area contributed by atoms with Crippen LogP contribution in [0, 0.1) is 0 Å². The average molecular weight is 317 g/mol. The molecule has 6 heteroatoms. The van der Waals surface area contributed by atoms with E-state index in [0.717, 1.165) is 23.3 Å². The number of nitrogens with zero attached hydrogens (tertiary/aromatic N) is 1. The summed E-state index contributed by atoms with van der Waals surface area (Å²) in [6.07, 6.45) is 0.895. The number of amides is 1. The summed E-state index contributed by atoms with van der Waals surface area (Å²) >= 11 is 0. The van der Waals surface area contributed by atoms with Gasteiger partial charge in [-0.15, -0.1) is 0 Å². The van der Waals surface area contributed by atoms with Crippen molar-refractivity contribution in [1.29, 1.82) is 0 Å². The molecule has 0 aliphatic carbocycles. The first-order chi connectivity index (χ1) is 10.7. The van der Waals surface area contributed by atoms with E-state index < -0.39 is 7.12 Å². The topological polar surface area (TPSA) is 48.0 Å². The second kappa shape index (κ2) is 5.53. The van der Waals surface area contributed by atoms with Gasteiger partial charge in [-0.2, -0.15) is 0 Å². The first-order valence-electron chi connectivity index (χ1n) is 8.18. The van der Waals surface area contributed by atoms with Crippen molar-refractivity contribution in [1.82, 2.24) is 0 Å². The van der Waals surface area contributed by atoms with E-state index in [1.165, 1.54) is 0 Å². The van der Waals surface area contributed by atoms with Gasteiger partial charge in [0, 0.05) is 6.54 Å². The number of hydrogen-bond acceptors (Lipinski definition) is 4. The Morgan fingerprint density at radius 3 is 2.43 bits per heavy atom. The van der Waals surface area contributed by atoms with E-state index in [9.17, 15) is 4.79 Å². The van der Waals surface area contributed by atoms with Crippen molar-refractivity contribution in [3.63, 3.8) is 0 Å². The number of carbonyl (C=O) groups excluding carboxylic acids is 1. The van der Waals surface area contributed by atoms with Gasteiger partial charge in [-0.05, 0) is 51.7 Å². The molecule has 1 saturated heterocycles. The SMILES string of the molecule is CCCN1C(=O)COc2ccc(B3OC(C)(C)C(C)(C)O3)cc21. The van der Waals surface area contributed by atoms with Gasteiger partial charge >= 0.3 is 7.12 Å². The van der Waals surface area contributed by atoms with E-state index in [0.29, 0.717) is 6.54 Å². The van der Waals surface area contributed by atoms with Crippen LogP contribution in [0.3, 0.4) is 0 Å². The first kappa shape index (κ1) is 16.3. The zero-order valence-electron chi connectivity index (χ0n) is 14.5. The number of benzene rings is 1. The maximum Gasteiger partial charge on any atom is 0.494 e. The Kier molecular flexibility index (Phi) is 3.93. The first-order valence-corrected chi connectivity index (χ1v) is 8.18. The van der Waals surface area contributed by atoms with E-state index in [1.807, 2.05) is 45.9 Å². The summed E-state index contributed by atoms with van der Waals surface area (Å²) in [7, 11) is -0.439. The standard InChI is InChI=1S/C17H24BNO4/c1-6-9-19-13-10-12(7-8-14(13)21-11-15(19)20)18-22-16(2,3)17(4,5)23-18/h7-8,10H,6,9,11H2,1-5H3. The second-order valence-corrected chi connectivity index (χ2v) is 7.15. The molecule has 124 valence electrons. The maximum atomic E-state index is 12.1. The van der Waals surface area contributed by atoms with Crippen molar-refractivity contribution < 1.29 is 18.8 Å². The van der Waals surface area contributed by atoms with Gasteiger partial charge in [-0.3, -0.25) is 4.79 Å². The van der Waals surface area contributed by atoms with Gasteiger partial charge in [0.05, 0.1) is 16.9 Å². The summed E-state index contributed by atoms with van der Waals surface area (Å²) in [5, 5.41) is 0. The molecule has 1 fully saturated rings. The molecule has 3 rings (SSSR count). The Bertz CT molecular complexity index is 613. The normalized spacial score (nSPS) is 22.0. The van der Waals surface area contributed by atoms with Crippen LogP contribution >= 0.6 is 0 Å². The lowest BCUT2D eigenvalue weighted by Gasteiger charge is -2.32. The fourth-order valence-electron chi connectivity index (χ4n) is 2.81. The van der Waals surface area contributed by atoms with Crippen molar-refractivity contribution in [2.45, 2.75) is 52.2 Å². The highest BCUT2D eigenvalue weighted by atomic mass is 16.7. The van der Waals surface area contributed by atoms with Gasteiger partial charge < -0.3 is 18.9 Å². The van der Waals surface area contributed by atoms with Crippen LogP contribution in [-0.2, 0) is 14.1 Å². The summed E-state index contributed by atoms with van der Waals surface area (Å²) in [4.78, 5) is 13.9. The molecule has 0 saturated carbocycles. The van der Waals surface area contributed by atoms with Crippen LogP contribution in [0.5, 0.6) is 5.75 Å². The maximum absolute atomic E-state index is 12.1. The lowest BCUT2D eigenvalue weighted by Crippen LogP contribution is -2.41. The molecule has 1 amide bonds. The van der Waals surface area contributed by atoms with Gasteiger partial charge in [0.25, 0.3) is 5.91 Å². The van der Waals surface area contributed by atoms with Crippen molar-refractivity contribution in [3.8, 4) is 5.75 Å². The molecule has 0 atom stereocenters. The third kappa shape index (κ3) is 2.74. The predicted molar refractivity (Wildman–Crippen MR) is 90.3 cm³/mol. The van der Waals surface area contributed by atoms with Crippen LogP contribution in [0.25, 0.3) is 0 Å². The van der Waals surface area contributed by atoms with Crippen molar-refractivity contribution in [2.75, 3.05) is 18.1 Å². The molecule has 0 N–H and O–H groups in total. The molecule has 1 aromatic carbocycles. The Balaban J connectivity index is 1.93. The summed E-state index contributed by atoms with van der Waals surface area (Å²) in [5.41, 5.74) is 0.934. The van der Waals surface area contributed by atoms with Gasteiger partial charge in [0.15, 0.2) is 6.61 Å². The molecule has 2 heterocycles. The Morgan fingerprint density at radius 1 is 1.17 bits per heavy atom. The van der Waals surface area contributed by atoms with Crippen LogP contribution in [0.2, 0.25) is 0 Å². The minimum absolute atomic E-state index is 0.00887. The number of fused-ring (bicyclic) bond motifs is 1. The fourth-order valence-corrected chi connectivity index (χ4v) is 2.81. The van der Waals surface area contributed by atoms with Crippen molar-refractivity contribution in [3.05, 3.63) is 18.2 Å². The van der Waals surface area contributed by atoms with E-state index >= 15 is 0 Å². The average Bonchev–Trinajstić information content (AvgIpc) is 2.70. The smallest absolute Gasteiger partial charge is 0.482 e. The molecule has 5 nitrogen and oxygen atoms in total. The number of ether oxygens (including phenoxy) is 1. The Hall–Kier alpha value is -1.53. The monoisotopic (exact) mass is 317 g/mol. The highest BCUT2D eigenvalue weighted by Gasteiger charge is 2.51. The highest BCUT2D eigenvalue weighted by Crippen LogP contribution is 2.37. The van der Waals surface area contributed by atoms with Crippen LogP contribution in [-0.4, -0.2) is 37.4 Å². The molecule has 0 bridgehead atoms. The van der Waals surface area contributed by atoms with Crippen LogP contribution < -0.4 is 15.1 Å². The van der Waals surface area contributed by atoms with Gasteiger partial charge in [-0.1, -0.05) is 13.0 Å². The number of anilines is 1. The molecule has 2 aliphatic heterocycles. The summed E-state index contributed by atoms with van der Waals surface area (Å²) < 4.78 is 17.7. The zero-order valence-corrected chi connectivity index (χ0v) is 14.5. The third-order valence-electron chi connectivity index (χ3n) is 4.90. The number of hydrogen-bond donors (Lipinski definition) is 0. The van der Waals surface area contributed by atoms with Crippen molar-refractivity contribution >= 4 is 24.2 Å². The molecule has 0 spiro atoms. The lowest BCUT2D eigenvalue weighted by molar-refractivity contribution is -0.121. The van der Waals surface area contributed by atoms with Gasteiger partial charge in [0.1, 0.15) is 5.75 Å². The third-order valence-corrected chi connectivity index (χ3v) is 4.90. The molecule has 0 unspecified atom stereocenters. The van der Waals surface area contributed by atoms with E-state index in [-0.39, 0.29) is 23.7 Å². The second-order valence-electron chi connectivity index (χ2n) is 7.15. The largest absolute Gasteiger partial charge is 0.494 e. The zero-order chi connectivity index (χ0) is 16.8. The minimum Gasteiger partial charge on any atom is -0.482 e. The Morgan fingerprint density at radius 2 is 1.83 bits per heavy atom. The van der Waals surface area contributed by atoms with E-state index in [2.05, 4.69) is 6.92 Å². The van der Waals surface area contributed by atoms with Gasteiger partial charge in [-0.25, -0.2) is 0 Å². The summed E-state index contributed by atoms with van der Waals surface area (Å²) in [6.45, 7) is 11.0. The molecular weight excluding hydrogens is 293 g/mol. The van der Waals surface area contributed by atoms with Crippen molar-refractivity contribution in [2.24, 2.45) is 0 Å². The van der Waals surface area contributed by atoms with Crippen LogP contribution in [0.1, 0.15) is 41.0 Å². The lowest BCUT2D eigenvalue weighted by atomic mass is 9.78. The molecule has 0 radical (unpaired) electrons. The quantitative estimate of drug-likeness (QED) is 0.801. The highest BCUT2D eigenvalue weighted by molar-refractivity contribution is 6.62. The van der Waals surface area contributed by atoms with Crippen LogP contribution in [0.4, 0.5) is 5.69 Å². The fraction of sp³-hybridized carbons (Fsp3) is 0.588. The Labute approximate surface area is 138 Å². The number of carbonyl (C=O) groups is 1. The molecule has 2 aliphatic rings. The van der Waals surface area contributed by atoms with E-state index in [4.69, 9.17) is 14.0 Å². The predicted octanol–water partition coefficient (Wildman–Crippen LogP) is 2.12. The summed E-state index contributed by atoms with van der Waals surface area (Å²) in [5.74, 6) is 0.726. The molecule has 23 heavy (non-hydrogen) atoms. The number of rotatable bonds is 3. The summed E-state index contributed by atoms with van der Waals surface area (Å²) in [6, 6.07) is 5.79. The van der Waals surface area contributed by atoms with Crippen LogP contribution in [0.15, 0.2) is 18.2 Å². The molecule has 1 aromatic rings. The molecule has 0 aromatic heterocycles. The van der Waals surface area contributed by atoms with Gasteiger partial charge in [0.2, 0.25) is 0 Å². The molecular formula is C17H24BNO4. The van der Waals surface area contributed by atoms with E-state index in [1.54, 1.807) is 4.90 Å². The minimum atomic E-state index is -0.439.